The highest BCUT2D eigenvalue weighted by Crippen LogP contribution is 2.02. The maximum atomic E-state index is 10.8. The predicted molar refractivity (Wildman–Crippen MR) is 38.7 cm³/mol. The van der Waals surface area contributed by atoms with Gasteiger partial charge in [0.05, 0.1) is 5.92 Å². The normalized spacial score (nSPS) is 23.3. The van der Waals surface area contributed by atoms with Crippen LogP contribution in [-0.2, 0) is 4.79 Å². The van der Waals surface area contributed by atoms with Gasteiger partial charge < -0.3 is 5.32 Å². The highest BCUT2D eigenvalue weighted by atomic mass is 16.2. The van der Waals surface area contributed by atoms with Gasteiger partial charge in [-0.1, -0.05) is 0 Å². The van der Waals surface area contributed by atoms with Crippen molar-refractivity contribution in [2.24, 2.45) is 11.0 Å². The average Bonchev–Trinajstić information content (AvgIpc) is 2.31. The van der Waals surface area contributed by atoms with E-state index in [-0.39, 0.29) is 11.8 Å². The summed E-state index contributed by atoms with van der Waals surface area (Å²) in [5, 5.41) is 6.62. The number of carbonyl (C=O) groups is 1. The summed E-state index contributed by atoms with van der Waals surface area (Å²) in [6, 6.07) is 0. The van der Waals surface area contributed by atoms with Crippen molar-refractivity contribution in [3.05, 3.63) is 0 Å². The Labute approximate surface area is 59.7 Å². The summed E-state index contributed by atoms with van der Waals surface area (Å²) < 4.78 is 0. The van der Waals surface area contributed by atoms with Crippen LogP contribution in [0.25, 0.3) is 0 Å². The van der Waals surface area contributed by atoms with Crippen molar-refractivity contribution in [2.75, 3.05) is 13.6 Å². The first-order valence-corrected chi connectivity index (χ1v) is 3.32. The summed E-state index contributed by atoms with van der Waals surface area (Å²) in [7, 11) is 1.87. The lowest BCUT2D eigenvalue weighted by atomic mass is 10.1. The zero-order chi connectivity index (χ0) is 7.40. The number of carbonyl (C=O) groups excluding carboxylic acids is 1. The van der Waals surface area contributed by atoms with E-state index < -0.39 is 0 Å². The Bertz CT molecular complexity index is 155. The van der Waals surface area contributed by atoms with Gasteiger partial charge in [0.1, 0.15) is 0 Å². The zero-order valence-electron chi connectivity index (χ0n) is 5.92. The molecule has 0 aromatic rings. The molecule has 2 N–H and O–H groups in total. The molecule has 1 rings (SSSR count). The monoisotopic (exact) mass is 141 g/mol. The Morgan fingerprint density at radius 1 is 1.90 bits per heavy atom. The van der Waals surface area contributed by atoms with Crippen molar-refractivity contribution >= 4 is 12.1 Å². The fourth-order valence-electron chi connectivity index (χ4n) is 0.847. The van der Waals surface area contributed by atoms with Crippen LogP contribution in [0.2, 0.25) is 0 Å². The van der Waals surface area contributed by atoms with Gasteiger partial charge in [0, 0.05) is 6.21 Å². The molecule has 1 unspecified atom stereocenters. The number of rotatable bonds is 3. The van der Waals surface area contributed by atoms with Gasteiger partial charge in [0.25, 0.3) is 0 Å². The second kappa shape index (κ2) is 3.31. The third-order valence-electron chi connectivity index (χ3n) is 1.47. The first kappa shape index (κ1) is 7.21. The highest BCUT2D eigenvalue weighted by molar-refractivity contribution is 5.97. The largest absolute Gasteiger partial charge is 0.320 e. The molecule has 0 aromatic carbocycles. The Balaban J connectivity index is 2.27. The Morgan fingerprint density at radius 2 is 2.70 bits per heavy atom. The van der Waals surface area contributed by atoms with Crippen LogP contribution >= 0.6 is 0 Å². The summed E-state index contributed by atoms with van der Waals surface area (Å²) >= 11 is 0. The predicted octanol–water partition coefficient (Wildman–Crippen LogP) is -0.672. The van der Waals surface area contributed by atoms with E-state index in [9.17, 15) is 4.79 Å². The standard InChI is InChI=1S/C6H11N3O/c1-7-3-2-5-4-8-9-6(5)10/h4-5,7H,2-3H2,1H3,(H,9,10). The molecular weight excluding hydrogens is 130 g/mol. The van der Waals surface area contributed by atoms with Gasteiger partial charge in [-0.05, 0) is 20.0 Å². The van der Waals surface area contributed by atoms with Crippen LogP contribution in [0, 0.1) is 5.92 Å². The summed E-state index contributed by atoms with van der Waals surface area (Å²) in [4.78, 5) is 10.8. The molecule has 1 heterocycles. The minimum absolute atomic E-state index is 0.00949. The van der Waals surface area contributed by atoms with E-state index in [2.05, 4.69) is 15.8 Å². The van der Waals surface area contributed by atoms with Gasteiger partial charge >= 0.3 is 0 Å². The van der Waals surface area contributed by atoms with Crippen LogP contribution in [0.3, 0.4) is 0 Å². The van der Waals surface area contributed by atoms with Crippen molar-refractivity contribution in [2.45, 2.75) is 6.42 Å². The second-order valence-corrected chi connectivity index (χ2v) is 2.25. The smallest absolute Gasteiger partial charge is 0.248 e. The number of hydrogen-bond donors (Lipinski definition) is 2. The van der Waals surface area contributed by atoms with Gasteiger partial charge in [0.2, 0.25) is 5.91 Å². The summed E-state index contributed by atoms with van der Waals surface area (Å²) in [6.45, 7) is 0.851. The molecule has 0 bridgehead atoms. The quantitative estimate of drug-likeness (QED) is 0.547. The van der Waals surface area contributed by atoms with Crippen molar-refractivity contribution in [3.8, 4) is 0 Å². The van der Waals surface area contributed by atoms with Crippen molar-refractivity contribution < 1.29 is 4.79 Å². The van der Waals surface area contributed by atoms with E-state index in [0.717, 1.165) is 13.0 Å². The molecule has 0 aliphatic carbocycles. The third kappa shape index (κ3) is 1.54. The van der Waals surface area contributed by atoms with E-state index >= 15 is 0 Å². The van der Waals surface area contributed by atoms with Crippen molar-refractivity contribution in [3.63, 3.8) is 0 Å². The van der Waals surface area contributed by atoms with Gasteiger partial charge in [-0.15, -0.1) is 0 Å². The van der Waals surface area contributed by atoms with Gasteiger partial charge in [0.15, 0.2) is 0 Å². The number of amides is 1. The Morgan fingerprint density at radius 3 is 3.20 bits per heavy atom. The number of nitrogens with zero attached hydrogens (tertiary/aromatic N) is 1. The number of hydrazone groups is 1. The summed E-state index contributed by atoms with van der Waals surface area (Å²) in [5.41, 5.74) is 2.38. The fourth-order valence-corrected chi connectivity index (χ4v) is 0.847. The van der Waals surface area contributed by atoms with Gasteiger partial charge in [-0.25, -0.2) is 5.43 Å². The summed E-state index contributed by atoms with van der Waals surface area (Å²) in [6.07, 6.45) is 2.48. The average molecular weight is 141 g/mol. The molecule has 56 valence electrons. The highest BCUT2D eigenvalue weighted by Gasteiger charge is 2.19. The minimum Gasteiger partial charge on any atom is -0.320 e. The minimum atomic E-state index is -0.0209. The van der Waals surface area contributed by atoms with Crippen LogP contribution in [0.15, 0.2) is 5.10 Å². The maximum Gasteiger partial charge on any atom is 0.248 e. The van der Waals surface area contributed by atoms with Crippen LogP contribution in [0.5, 0.6) is 0 Å². The molecule has 0 saturated heterocycles. The van der Waals surface area contributed by atoms with E-state index in [4.69, 9.17) is 0 Å². The van der Waals surface area contributed by atoms with Gasteiger partial charge in [-0.2, -0.15) is 5.10 Å². The Hall–Kier alpha value is -0.900. The molecule has 0 spiro atoms. The van der Waals surface area contributed by atoms with Crippen LogP contribution in [-0.4, -0.2) is 25.7 Å². The maximum absolute atomic E-state index is 10.8. The lowest BCUT2D eigenvalue weighted by molar-refractivity contribution is -0.122. The van der Waals surface area contributed by atoms with Crippen molar-refractivity contribution in [1.82, 2.24) is 10.7 Å². The molecule has 0 fully saturated rings. The molecule has 1 amide bonds. The SMILES string of the molecule is CNCCC1C=NNC1=O. The van der Waals surface area contributed by atoms with E-state index in [1.54, 1.807) is 6.21 Å². The molecule has 10 heavy (non-hydrogen) atoms. The summed E-state index contributed by atoms with van der Waals surface area (Å²) in [5.74, 6) is -0.0114. The lowest BCUT2D eigenvalue weighted by Crippen LogP contribution is -2.23. The molecular formula is C6H11N3O. The van der Waals surface area contributed by atoms with Gasteiger partial charge in [-0.3, -0.25) is 4.79 Å². The van der Waals surface area contributed by atoms with Crippen LogP contribution in [0.1, 0.15) is 6.42 Å². The molecule has 1 atom stereocenters. The van der Waals surface area contributed by atoms with E-state index in [1.165, 1.54) is 0 Å². The molecule has 0 saturated carbocycles. The first-order chi connectivity index (χ1) is 4.84. The zero-order valence-corrected chi connectivity index (χ0v) is 5.92. The first-order valence-electron chi connectivity index (χ1n) is 3.32. The van der Waals surface area contributed by atoms with E-state index in [0.29, 0.717) is 0 Å². The molecule has 0 radical (unpaired) electrons. The van der Waals surface area contributed by atoms with E-state index in [1.807, 2.05) is 7.05 Å². The second-order valence-electron chi connectivity index (χ2n) is 2.25. The number of nitrogens with one attached hydrogen (secondary N) is 2. The van der Waals surface area contributed by atoms with Crippen molar-refractivity contribution in [1.29, 1.82) is 0 Å². The molecule has 1 aliphatic heterocycles. The van der Waals surface area contributed by atoms with Crippen LogP contribution < -0.4 is 10.7 Å². The third-order valence-corrected chi connectivity index (χ3v) is 1.47. The fraction of sp³-hybridized carbons (Fsp3) is 0.667. The molecule has 1 aliphatic rings. The van der Waals surface area contributed by atoms with Crippen LogP contribution in [0.4, 0.5) is 0 Å². The Kier molecular flexibility index (Phi) is 2.39. The topological polar surface area (TPSA) is 53.5 Å². The number of hydrogen-bond acceptors (Lipinski definition) is 3. The lowest BCUT2D eigenvalue weighted by Gasteiger charge is -2.01. The molecule has 0 aromatic heterocycles. The molecule has 4 nitrogen and oxygen atoms in total. The molecule has 4 heteroatoms.